The smallest absolute Gasteiger partial charge is 0.144 e. The lowest BCUT2D eigenvalue weighted by atomic mass is 10.1. The maximum absolute atomic E-state index is 6.01. The second-order valence-corrected chi connectivity index (χ2v) is 6.47. The monoisotopic (exact) mass is 290 g/mol. The predicted octanol–water partition coefficient (Wildman–Crippen LogP) is 4.46. The molecule has 0 atom stereocenters. The number of nitrogens with two attached hydrogens (primary N) is 1. The molecule has 0 saturated heterocycles. The fourth-order valence-electron chi connectivity index (χ4n) is 3.12. The Balaban J connectivity index is 2.20. The maximum atomic E-state index is 6.01. The van der Waals surface area contributed by atoms with Crippen LogP contribution in [0.4, 0.5) is 11.4 Å². The fraction of sp³-hybridized carbons (Fsp3) is 0.667. The number of nitrogen functional groups attached to an aromatic ring is 1. The molecule has 1 aromatic rings. The van der Waals surface area contributed by atoms with E-state index in [4.69, 9.17) is 10.5 Å². The van der Waals surface area contributed by atoms with E-state index in [-0.39, 0.29) is 0 Å². The Bertz CT molecular complexity index is 439. The number of ether oxygens (including phenoxy) is 1. The molecule has 0 aromatic heterocycles. The molecule has 21 heavy (non-hydrogen) atoms. The zero-order valence-corrected chi connectivity index (χ0v) is 13.8. The summed E-state index contributed by atoms with van der Waals surface area (Å²) in [6.45, 7) is 8.36. The van der Waals surface area contributed by atoms with Gasteiger partial charge in [-0.25, -0.2) is 0 Å². The first-order valence-electron chi connectivity index (χ1n) is 8.40. The molecule has 2 N–H and O–H groups in total. The van der Waals surface area contributed by atoms with Gasteiger partial charge in [0.1, 0.15) is 5.75 Å². The van der Waals surface area contributed by atoms with Gasteiger partial charge in [-0.2, -0.15) is 0 Å². The first-order valence-corrected chi connectivity index (χ1v) is 8.40. The van der Waals surface area contributed by atoms with Gasteiger partial charge in [0, 0.05) is 24.3 Å². The third-order valence-corrected chi connectivity index (χ3v) is 4.34. The topological polar surface area (TPSA) is 38.5 Å². The van der Waals surface area contributed by atoms with E-state index in [0.717, 1.165) is 23.9 Å². The van der Waals surface area contributed by atoms with Crippen LogP contribution in [0.15, 0.2) is 18.2 Å². The Labute approximate surface area is 129 Å². The van der Waals surface area contributed by atoms with Crippen LogP contribution in [0.1, 0.15) is 52.9 Å². The van der Waals surface area contributed by atoms with Crippen molar-refractivity contribution in [2.45, 2.75) is 58.9 Å². The van der Waals surface area contributed by atoms with Gasteiger partial charge in [0.05, 0.1) is 12.3 Å². The molecule has 118 valence electrons. The summed E-state index contributed by atoms with van der Waals surface area (Å²) in [5.74, 6) is 1.55. The van der Waals surface area contributed by atoms with Gasteiger partial charge in [0.15, 0.2) is 0 Å². The van der Waals surface area contributed by atoms with Crippen molar-refractivity contribution >= 4 is 11.4 Å². The Morgan fingerprint density at radius 2 is 2.00 bits per heavy atom. The molecule has 0 spiro atoms. The molecule has 3 heteroatoms. The van der Waals surface area contributed by atoms with Crippen LogP contribution in [0.25, 0.3) is 0 Å². The predicted molar refractivity (Wildman–Crippen MR) is 91.1 cm³/mol. The van der Waals surface area contributed by atoms with Crippen molar-refractivity contribution in [3.05, 3.63) is 18.2 Å². The lowest BCUT2D eigenvalue weighted by Gasteiger charge is -2.32. The summed E-state index contributed by atoms with van der Waals surface area (Å²) in [5, 5.41) is 0. The van der Waals surface area contributed by atoms with Gasteiger partial charge in [-0.15, -0.1) is 0 Å². The van der Waals surface area contributed by atoms with Gasteiger partial charge in [0.2, 0.25) is 0 Å². The molecule has 0 aliphatic heterocycles. The van der Waals surface area contributed by atoms with E-state index in [1.807, 2.05) is 13.0 Å². The molecule has 0 radical (unpaired) electrons. The summed E-state index contributed by atoms with van der Waals surface area (Å²) in [4.78, 5) is 2.58. The average molecular weight is 290 g/mol. The molecule has 1 aliphatic carbocycles. The SMILES string of the molecule is CCOc1cc(N(CCC(C)C)C2CCCC2)ccc1N. The summed E-state index contributed by atoms with van der Waals surface area (Å²) in [7, 11) is 0. The number of benzene rings is 1. The van der Waals surface area contributed by atoms with Crippen LogP contribution in [0.5, 0.6) is 5.75 Å². The molecule has 0 amide bonds. The molecular formula is C18H30N2O. The molecule has 1 fully saturated rings. The summed E-state index contributed by atoms with van der Waals surface area (Å²) in [6.07, 6.45) is 6.57. The number of hydrogen-bond donors (Lipinski definition) is 1. The van der Waals surface area contributed by atoms with Crippen LogP contribution in [0.2, 0.25) is 0 Å². The van der Waals surface area contributed by atoms with Crippen molar-refractivity contribution in [3.63, 3.8) is 0 Å². The molecule has 0 unspecified atom stereocenters. The van der Waals surface area contributed by atoms with Crippen molar-refractivity contribution in [3.8, 4) is 5.75 Å². The molecule has 2 rings (SSSR count). The van der Waals surface area contributed by atoms with Crippen molar-refractivity contribution in [2.75, 3.05) is 23.8 Å². The summed E-state index contributed by atoms with van der Waals surface area (Å²) < 4.78 is 5.66. The summed E-state index contributed by atoms with van der Waals surface area (Å²) in [6, 6.07) is 6.94. The summed E-state index contributed by atoms with van der Waals surface area (Å²) >= 11 is 0. The maximum Gasteiger partial charge on any atom is 0.144 e. The first-order chi connectivity index (χ1) is 10.1. The van der Waals surface area contributed by atoms with Gasteiger partial charge in [-0.3, -0.25) is 0 Å². The van der Waals surface area contributed by atoms with Gasteiger partial charge in [-0.1, -0.05) is 26.7 Å². The molecular weight excluding hydrogens is 260 g/mol. The van der Waals surface area contributed by atoms with E-state index in [0.29, 0.717) is 12.6 Å². The Morgan fingerprint density at radius 3 is 2.62 bits per heavy atom. The normalized spacial score (nSPS) is 15.6. The lowest BCUT2D eigenvalue weighted by molar-refractivity contribution is 0.342. The second kappa shape index (κ2) is 7.58. The Morgan fingerprint density at radius 1 is 1.29 bits per heavy atom. The molecule has 3 nitrogen and oxygen atoms in total. The van der Waals surface area contributed by atoms with E-state index in [2.05, 4.69) is 30.9 Å². The molecule has 1 saturated carbocycles. The van der Waals surface area contributed by atoms with E-state index in [9.17, 15) is 0 Å². The largest absolute Gasteiger partial charge is 0.492 e. The minimum absolute atomic E-state index is 0.656. The lowest BCUT2D eigenvalue weighted by Crippen LogP contribution is -2.34. The van der Waals surface area contributed by atoms with Crippen LogP contribution in [0, 0.1) is 5.92 Å². The van der Waals surface area contributed by atoms with Crippen LogP contribution in [-0.4, -0.2) is 19.2 Å². The van der Waals surface area contributed by atoms with Gasteiger partial charge in [0.25, 0.3) is 0 Å². The number of rotatable bonds is 7. The first kappa shape index (κ1) is 16.0. The van der Waals surface area contributed by atoms with Crippen LogP contribution in [0.3, 0.4) is 0 Å². The minimum Gasteiger partial charge on any atom is -0.492 e. The van der Waals surface area contributed by atoms with Crippen LogP contribution >= 0.6 is 0 Å². The van der Waals surface area contributed by atoms with E-state index in [1.165, 1.54) is 37.8 Å². The highest BCUT2D eigenvalue weighted by atomic mass is 16.5. The number of nitrogens with zero attached hydrogens (tertiary/aromatic N) is 1. The highest BCUT2D eigenvalue weighted by Gasteiger charge is 2.23. The van der Waals surface area contributed by atoms with Gasteiger partial charge < -0.3 is 15.4 Å². The highest BCUT2D eigenvalue weighted by Crippen LogP contribution is 2.33. The van der Waals surface area contributed by atoms with E-state index < -0.39 is 0 Å². The third-order valence-electron chi connectivity index (χ3n) is 4.34. The van der Waals surface area contributed by atoms with Crippen molar-refractivity contribution in [2.24, 2.45) is 5.92 Å². The van der Waals surface area contributed by atoms with Crippen molar-refractivity contribution < 1.29 is 4.74 Å². The number of hydrogen-bond acceptors (Lipinski definition) is 3. The van der Waals surface area contributed by atoms with E-state index >= 15 is 0 Å². The fourth-order valence-corrected chi connectivity index (χ4v) is 3.12. The van der Waals surface area contributed by atoms with E-state index in [1.54, 1.807) is 0 Å². The highest BCUT2D eigenvalue weighted by molar-refractivity contribution is 5.62. The third kappa shape index (κ3) is 4.29. The van der Waals surface area contributed by atoms with Gasteiger partial charge in [-0.05, 0) is 44.2 Å². The molecule has 0 heterocycles. The van der Waals surface area contributed by atoms with Crippen LogP contribution in [-0.2, 0) is 0 Å². The van der Waals surface area contributed by atoms with Crippen LogP contribution < -0.4 is 15.4 Å². The molecule has 1 aromatic carbocycles. The Kier molecular flexibility index (Phi) is 5.77. The van der Waals surface area contributed by atoms with Crippen molar-refractivity contribution in [1.82, 2.24) is 0 Å². The van der Waals surface area contributed by atoms with Gasteiger partial charge >= 0.3 is 0 Å². The Hall–Kier alpha value is -1.38. The zero-order valence-electron chi connectivity index (χ0n) is 13.8. The minimum atomic E-state index is 0.656. The standard InChI is InChI=1S/C18H30N2O/c1-4-21-18-13-16(9-10-17(18)19)20(12-11-14(2)3)15-7-5-6-8-15/h9-10,13-15H,4-8,11-12,19H2,1-3H3. The molecule has 0 bridgehead atoms. The quantitative estimate of drug-likeness (QED) is 0.753. The molecule has 1 aliphatic rings. The zero-order chi connectivity index (χ0) is 15.2. The number of anilines is 2. The summed E-state index contributed by atoms with van der Waals surface area (Å²) in [5.41, 5.74) is 8.00. The van der Waals surface area contributed by atoms with Crippen molar-refractivity contribution in [1.29, 1.82) is 0 Å². The average Bonchev–Trinajstić information content (AvgIpc) is 2.96. The second-order valence-electron chi connectivity index (χ2n) is 6.47.